The molecular weight excluding hydrogens is 330 g/mol. The minimum absolute atomic E-state index is 0. The summed E-state index contributed by atoms with van der Waals surface area (Å²) in [7, 11) is 0. The summed E-state index contributed by atoms with van der Waals surface area (Å²) in [6, 6.07) is 0. The van der Waals surface area contributed by atoms with E-state index in [-0.39, 0.29) is 25.6 Å². The first-order valence-corrected chi connectivity index (χ1v) is 8.71. The molecule has 0 fully saturated rings. The van der Waals surface area contributed by atoms with Crippen molar-refractivity contribution in [1.82, 2.24) is 0 Å². The molecule has 0 bridgehead atoms. The first-order chi connectivity index (χ1) is 10.2. The van der Waals surface area contributed by atoms with Crippen molar-refractivity contribution in [1.29, 1.82) is 0 Å². The van der Waals surface area contributed by atoms with E-state index in [9.17, 15) is 9.90 Å². The van der Waals surface area contributed by atoms with Crippen LogP contribution < -0.4 is 0 Å². The molecule has 2 N–H and O–H groups in total. The van der Waals surface area contributed by atoms with Gasteiger partial charge in [-0.05, 0) is 32.1 Å². The van der Waals surface area contributed by atoms with E-state index >= 15 is 0 Å². The third-order valence-electron chi connectivity index (χ3n) is 3.73. The van der Waals surface area contributed by atoms with Crippen LogP contribution in [0.1, 0.15) is 90.4 Å². The Morgan fingerprint density at radius 1 is 0.955 bits per heavy atom. The smallest absolute Gasteiger partial charge is 0.303 e. The van der Waals surface area contributed by atoms with Crippen LogP contribution in [0.3, 0.4) is 0 Å². The zero-order valence-electron chi connectivity index (χ0n) is 14.4. The van der Waals surface area contributed by atoms with Crippen LogP contribution in [0.15, 0.2) is 12.2 Å². The van der Waals surface area contributed by atoms with E-state index in [0.717, 1.165) is 51.4 Å². The molecule has 0 aromatic rings. The second-order valence-electron chi connectivity index (χ2n) is 5.91. The van der Waals surface area contributed by atoms with Crippen molar-refractivity contribution in [2.24, 2.45) is 0 Å². The quantitative estimate of drug-likeness (QED) is 0.242. The molecule has 0 aromatic carbocycles. The Balaban J connectivity index is 0. The van der Waals surface area contributed by atoms with Gasteiger partial charge in [0.25, 0.3) is 0 Å². The maximum Gasteiger partial charge on any atom is 0.303 e. The average Bonchev–Trinajstić information content (AvgIpc) is 2.45. The van der Waals surface area contributed by atoms with Gasteiger partial charge in [-0.1, -0.05) is 64.0 Å². The molecule has 0 aliphatic heterocycles. The molecule has 0 spiro atoms. The maximum atomic E-state index is 10.3. The van der Waals surface area contributed by atoms with E-state index in [1.54, 1.807) is 0 Å². The van der Waals surface area contributed by atoms with Crippen LogP contribution in [0.2, 0.25) is 0 Å². The summed E-state index contributed by atoms with van der Waals surface area (Å²) in [4.78, 5) is 10.3. The Labute approximate surface area is 149 Å². The maximum absolute atomic E-state index is 10.3. The van der Waals surface area contributed by atoms with Crippen molar-refractivity contribution in [2.75, 3.05) is 0 Å². The van der Waals surface area contributed by atoms with Crippen molar-refractivity contribution >= 4 is 5.97 Å². The van der Waals surface area contributed by atoms with Gasteiger partial charge in [0.05, 0.1) is 6.10 Å². The Bertz CT molecular complexity index is 267. The Hall–Kier alpha value is -0.207. The molecule has 1 atom stereocenters. The number of hydrogen-bond acceptors (Lipinski definition) is 2. The number of hydrogen-bond donors (Lipinski definition) is 2. The van der Waals surface area contributed by atoms with Crippen molar-refractivity contribution < 1.29 is 34.5 Å². The van der Waals surface area contributed by atoms with Gasteiger partial charge in [0.1, 0.15) is 0 Å². The molecule has 126 valence electrons. The van der Waals surface area contributed by atoms with Crippen LogP contribution in [-0.4, -0.2) is 22.3 Å². The number of allylic oxidation sites excluding steroid dienone is 1. The second kappa shape index (κ2) is 18.8. The molecule has 0 aliphatic carbocycles. The van der Waals surface area contributed by atoms with Gasteiger partial charge in [0.15, 0.2) is 0 Å². The van der Waals surface area contributed by atoms with Gasteiger partial charge >= 0.3 is 5.97 Å². The van der Waals surface area contributed by atoms with Gasteiger partial charge < -0.3 is 10.2 Å². The largest absolute Gasteiger partial charge is 0.481 e. The van der Waals surface area contributed by atoms with Gasteiger partial charge in [-0.25, -0.2) is 0 Å². The topological polar surface area (TPSA) is 57.5 Å². The van der Waals surface area contributed by atoms with Gasteiger partial charge in [0.2, 0.25) is 0 Å². The van der Waals surface area contributed by atoms with E-state index < -0.39 is 5.97 Å². The van der Waals surface area contributed by atoms with Crippen LogP contribution in [0.4, 0.5) is 0 Å². The van der Waals surface area contributed by atoms with Gasteiger partial charge in [-0.15, -0.1) is 0 Å². The van der Waals surface area contributed by atoms with E-state index in [1.165, 1.54) is 25.7 Å². The zero-order valence-corrected chi connectivity index (χ0v) is 17.4. The van der Waals surface area contributed by atoms with Crippen molar-refractivity contribution in [3.8, 4) is 0 Å². The van der Waals surface area contributed by atoms with Gasteiger partial charge in [-0.3, -0.25) is 4.79 Å². The standard InChI is InChI=1S/C18H34O3.Zn/c1-2-3-4-11-14-17(19)15-12-9-7-5-6-8-10-13-16-18(20)21;/h9,12,17,19H,2-8,10-11,13-16H2,1H3,(H,20,21);/b12-9-;. The Kier molecular flexibility index (Phi) is 20.6. The van der Waals surface area contributed by atoms with Crippen LogP contribution in [0, 0.1) is 0 Å². The monoisotopic (exact) mass is 362 g/mol. The first kappa shape index (κ1) is 24.1. The number of aliphatic hydroxyl groups is 1. The van der Waals surface area contributed by atoms with Gasteiger partial charge in [-0.2, -0.15) is 0 Å². The molecule has 4 heteroatoms. The molecule has 0 heterocycles. The van der Waals surface area contributed by atoms with Crippen molar-refractivity contribution in [3.05, 3.63) is 12.2 Å². The van der Waals surface area contributed by atoms with E-state index in [0.29, 0.717) is 6.42 Å². The Morgan fingerprint density at radius 3 is 2.27 bits per heavy atom. The molecule has 22 heavy (non-hydrogen) atoms. The molecule has 0 saturated heterocycles. The second-order valence-corrected chi connectivity index (χ2v) is 5.91. The fourth-order valence-electron chi connectivity index (χ4n) is 2.36. The van der Waals surface area contributed by atoms with Crippen LogP contribution in [0.5, 0.6) is 0 Å². The number of aliphatic carboxylic acids is 1. The zero-order chi connectivity index (χ0) is 15.8. The first-order valence-electron chi connectivity index (χ1n) is 8.71. The summed E-state index contributed by atoms with van der Waals surface area (Å²) in [5.41, 5.74) is 0. The normalized spacial score (nSPS) is 12.3. The van der Waals surface area contributed by atoms with Gasteiger partial charge in [0, 0.05) is 25.9 Å². The Morgan fingerprint density at radius 2 is 1.59 bits per heavy atom. The minimum atomic E-state index is -0.689. The predicted molar refractivity (Wildman–Crippen MR) is 88.5 cm³/mol. The van der Waals surface area contributed by atoms with E-state index in [4.69, 9.17) is 5.11 Å². The molecule has 3 nitrogen and oxygen atoms in total. The molecule has 0 aromatic heterocycles. The summed E-state index contributed by atoms with van der Waals surface area (Å²) in [6.07, 6.45) is 17.4. The molecule has 0 rings (SSSR count). The molecule has 1 unspecified atom stereocenters. The summed E-state index contributed by atoms with van der Waals surface area (Å²) >= 11 is 0. The SMILES string of the molecule is CCCCCCC(O)C/C=C\CCCCCCCC(=O)O.[Zn]. The molecule has 0 amide bonds. The van der Waals surface area contributed by atoms with Crippen LogP contribution in [0.25, 0.3) is 0 Å². The average molecular weight is 364 g/mol. The number of carbonyl (C=O) groups is 1. The van der Waals surface area contributed by atoms with Crippen molar-refractivity contribution in [2.45, 2.75) is 96.5 Å². The van der Waals surface area contributed by atoms with Crippen LogP contribution >= 0.6 is 0 Å². The molecule has 0 saturated carbocycles. The molecule has 0 aliphatic rings. The number of unbranched alkanes of at least 4 members (excludes halogenated alkanes) is 8. The number of carboxylic acids is 1. The third kappa shape index (κ3) is 19.8. The summed E-state index contributed by atoms with van der Waals surface area (Å²) in [6.45, 7) is 2.20. The third-order valence-corrected chi connectivity index (χ3v) is 3.73. The minimum Gasteiger partial charge on any atom is -0.481 e. The van der Waals surface area contributed by atoms with E-state index in [1.807, 2.05) is 0 Å². The summed E-state index contributed by atoms with van der Waals surface area (Å²) in [5, 5.41) is 18.3. The van der Waals surface area contributed by atoms with Crippen LogP contribution in [-0.2, 0) is 24.3 Å². The van der Waals surface area contributed by atoms with E-state index in [2.05, 4.69) is 19.1 Å². The molecule has 0 radical (unpaired) electrons. The summed E-state index contributed by atoms with van der Waals surface area (Å²) < 4.78 is 0. The fraction of sp³-hybridized carbons (Fsp3) is 0.833. The predicted octanol–water partition coefficient (Wildman–Crippen LogP) is 5.08. The fourth-order valence-corrected chi connectivity index (χ4v) is 2.36. The van der Waals surface area contributed by atoms with Crippen molar-refractivity contribution in [3.63, 3.8) is 0 Å². The number of rotatable bonds is 15. The molecular formula is C18H34O3Zn. The number of aliphatic hydroxyl groups excluding tert-OH is 1. The summed E-state index contributed by atoms with van der Waals surface area (Å²) in [5.74, 6) is -0.689. The number of carboxylic acid groups (broad SMARTS) is 1.